The van der Waals surface area contributed by atoms with Crippen molar-refractivity contribution < 1.29 is 23.8 Å². The Hall–Kier alpha value is -3.61. The summed E-state index contributed by atoms with van der Waals surface area (Å²) < 4.78 is 11.4. The molecule has 0 saturated heterocycles. The first-order valence-corrected chi connectivity index (χ1v) is 10.2. The molecule has 3 aromatic rings. The average molecular weight is 421 g/mol. The van der Waals surface area contributed by atoms with Crippen LogP contribution in [0.1, 0.15) is 41.6 Å². The van der Waals surface area contributed by atoms with Crippen LogP contribution in [0.4, 0.5) is 0 Å². The number of carboxylic acid groups (broad SMARTS) is 1. The standard InChI is InChI=1S/C24H23NO6/c1-13-19(12-11-17-16-9-6-10-18(16)24(29)31-21(13)17)30-14(2)22(26)25-20(23(27)28)15-7-4-3-5-8-15/h3-5,7-8,11-12,14,20H,6,9-10H2,1-2H3,(H,25,26)(H,27,28)/t14-,20+/m1/s1. The largest absolute Gasteiger partial charge is 0.480 e. The molecule has 1 aliphatic carbocycles. The van der Waals surface area contributed by atoms with Gasteiger partial charge in [0.1, 0.15) is 11.3 Å². The van der Waals surface area contributed by atoms with Crippen molar-refractivity contribution in [3.05, 3.63) is 75.1 Å². The topological polar surface area (TPSA) is 106 Å². The van der Waals surface area contributed by atoms with Gasteiger partial charge in [-0.05, 0) is 56.4 Å². The zero-order valence-electron chi connectivity index (χ0n) is 17.3. The minimum Gasteiger partial charge on any atom is -0.480 e. The lowest BCUT2D eigenvalue weighted by molar-refractivity contribution is -0.143. The van der Waals surface area contributed by atoms with Crippen molar-refractivity contribution in [3.8, 4) is 5.75 Å². The predicted molar refractivity (Wildman–Crippen MR) is 114 cm³/mol. The van der Waals surface area contributed by atoms with Gasteiger partial charge >= 0.3 is 11.6 Å². The summed E-state index contributed by atoms with van der Waals surface area (Å²) in [5.41, 5.74) is 3.00. The molecule has 0 aliphatic heterocycles. The van der Waals surface area contributed by atoms with E-state index in [4.69, 9.17) is 9.15 Å². The molecule has 7 heteroatoms. The number of fused-ring (bicyclic) bond motifs is 3. The van der Waals surface area contributed by atoms with E-state index in [1.54, 1.807) is 50.2 Å². The van der Waals surface area contributed by atoms with E-state index in [2.05, 4.69) is 5.32 Å². The molecule has 4 rings (SSSR count). The van der Waals surface area contributed by atoms with Crippen molar-refractivity contribution in [2.24, 2.45) is 0 Å². The number of rotatable bonds is 6. The quantitative estimate of drug-likeness (QED) is 0.592. The minimum atomic E-state index is -1.18. The second kappa shape index (κ2) is 8.26. The van der Waals surface area contributed by atoms with Crippen LogP contribution in [-0.2, 0) is 22.4 Å². The lowest BCUT2D eigenvalue weighted by Gasteiger charge is -2.20. The van der Waals surface area contributed by atoms with Crippen molar-refractivity contribution in [2.75, 3.05) is 0 Å². The van der Waals surface area contributed by atoms with E-state index in [1.165, 1.54) is 0 Å². The highest BCUT2D eigenvalue weighted by Gasteiger charge is 2.26. The Bertz CT molecular complexity index is 1210. The summed E-state index contributed by atoms with van der Waals surface area (Å²) in [6.45, 7) is 3.32. The lowest BCUT2D eigenvalue weighted by Crippen LogP contribution is -2.41. The fourth-order valence-corrected chi connectivity index (χ4v) is 4.03. The third kappa shape index (κ3) is 3.91. The molecule has 0 fully saturated rings. The molecule has 0 bridgehead atoms. The molecule has 2 atom stereocenters. The van der Waals surface area contributed by atoms with E-state index in [9.17, 15) is 19.5 Å². The molecule has 160 valence electrons. The maximum Gasteiger partial charge on any atom is 0.339 e. The van der Waals surface area contributed by atoms with Gasteiger partial charge in [-0.1, -0.05) is 30.3 Å². The van der Waals surface area contributed by atoms with Gasteiger partial charge in [-0.25, -0.2) is 9.59 Å². The highest BCUT2D eigenvalue weighted by Crippen LogP contribution is 2.33. The molecule has 31 heavy (non-hydrogen) atoms. The second-order valence-corrected chi connectivity index (χ2v) is 7.72. The van der Waals surface area contributed by atoms with Crippen LogP contribution in [0.2, 0.25) is 0 Å². The maximum atomic E-state index is 12.6. The second-order valence-electron chi connectivity index (χ2n) is 7.72. The van der Waals surface area contributed by atoms with Gasteiger partial charge < -0.3 is 19.6 Å². The molecule has 0 unspecified atom stereocenters. The number of nitrogens with one attached hydrogen (secondary N) is 1. The number of carboxylic acids is 1. The van der Waals surface area contributed by atoms with Crippen LogP contribution in [0.5, 0.6) is 5.75 Å². The number of carbonyl (C=O) groups excluding carboxylic acids is 1. The minimum absolute atomic E-state index is 0.321. The molecule has 2 N–H and O–H groups in total. The smallest absolute Gasteiger partial charge is 0.339 e. The van der Waals surface area contributed by atoms with Gasteiger partial charge in [-0.2, -0.15) is 0 Å². The first kappa shape index (κ1) is 20.7. The summed E-state index contributed by atoms with van der Waals surface area (Å²) in [5.74, 6) is -1.32. The van der Waals surface area contributed by atoms with Crippen LogP contribution in [0.3, 0.4) is 0 Å². The van der Waals surface area contributed by atoms with Crippen molar-refractivity contribution in [1.82, 2.24) is 5.32 Å². The van der Waals surface area contributed by atoms with E-state index < -0.39 is 24.0 Å². The lowest BCUT2D eigenvalue weighted by atomic mass is 10.0. The highest BCUT2D eigenvalue weighted by molar-refractivity contribution is 5.88. The summed E-state index contributed by atoms with van der Waals surface area (Å²) in [6, 6.07) is 10.9. The summed E-state index contributed by atoms with van der Waals surface area (Å²) in [7, 11) is 0. The Morgan fingerprint density at radius 3 is 2.52 bits per heavy atom. The van der Waals surface area contributed by atoms with Gasteiger partial charge in [0.25, 0.3) is 5.91 Å². The Balaban J connectivity index is 1.56. The van der Waals surface area contributed by atoms with Gasteiger partial charge in [-0.15, -0.1) is 0 Å². The fraction of sp³-hybridized carbons (Fsp3) is 0.292. The predicted octanol–water partition coefficient (Wildman–Crippen LogP) is 3.30. The molecule has 1 aliphatic rings. The third-order valence-corrected chi connectivity index (χ3v) is 5.68. The van der Waals surface area contributed by atoms with E-state index in [0.717, 1.165) is 35.8 Å². The molecular formula is C24H23NO6. The zero-order chi connectivity index (χ0) is 22.1. The van der Waals surface area contributed by atoms with Crippen molar-refractivity contribution in [3.63, 3.8) is 0 Å². The Kier molecular flexibility index (Phi) is 5.50. The van der Waals surface area contributed by atoms with Crippen LogP contribution >= 0.6 is 0 Å². The normalized spacial score (nSPS) is 14.6. The number of aryl methyl sites for hydroxylation is 2. The summed E-state index contributed by atoms with van der Waals surface area (Å²) in [4.78, 5) is 36.6. The number of amides is 1. The van der Waals surface area contributed by atoms with E-state index in [1.807, 2.05) is 6.07 Å². The number of carbonyl (C=O) groups is 2. The number of ether oxygens (including phenoxy) is 1. The molecule has 7 nitrogen and oxygen atoms in total. The molecular weight excluding hydrogens is 398 g/mol. The van der Waals surface area contributed by atoms with Gasteiger partial charge in [0.15, 0.2) is 12.1 Å². The van der Waals surface area contributed by atoms with Gasteiger partial charge in [0.05, 0.1) is 0 Å². The van der Waals surface area contributed by atoms with E-state index in [-0.39, 0.29) is 5.63 Å². The fourth-order valence-electron chi connectivity index (χ4n) is 4.03. The number of hydrogen-bond acceptors (Lipinski definition) is 5. The first-order chi connectivity index (χ1) is 14.9. The number of benzene rings is 2. The summed E-state index contributed by atoms with van der Waals surface area (Å²) in [6.07, 6.45) is 1.54. The zero-order valence-corrected chi connectivity index (χ0v) is 17.3. The number of aliphatic carboxylic acids is 1. The Morgan fingerprint density at radius 2 is 1.81 bits per heavy atom. The average Bonchev–Trinajstić information content (AvgIpc) is 3.25. The monoisotopic (exact) mass is 421 g/mol. The molecule has 0 radical (unpaired) electrons. The molecule has 1 heterocycles. The van der Waals surface area contributed by atoms with Crippen molar-refractivity contribution in [2.45, 2.75) is 45.3 Å². The molecule has 2 aromatic carbocycles. The van der Waals surface area contributed by atoms with Gasteiger partial charge in [0, 0.05) is 16.5 Å². The molecule has 1 aromatic heterocycles. The summed E-state index contributed by atoms with van der Waals surface area (Å²) >= 11 is 0. The van der Waals surface area contributed by atoms with Crippen LogP contribution in [-0.4, -0.2) is 23.1 Å². The molecule has 0 spiro atoms. The van der Waals surface area contributed by atoms with Crippen molar-refractivity contribution >= 4 is 22.8 Å². The third-order valence-electron chi connectivity index (χ3n) is 5.68. The molecule has 1 amide bonds. The van der Waals surface area contributed by atoms with Crippen molar-refractivity contribution in [1.29, 1.82) is 0 Å². The van der Waals surface area contributed by atoms with Crippen LogP contribution in [0, 0.1) is 6.92 Å². The van der Waals surface area contributed by atoms with Crippen LogP contribution < -0.4 is 15.7 Å². The van der Waals surface area contributed by atoms with E-state index >= 15 is 0 Å². The molecule has 0 saturated carbocycles. The van der Waals surface area contributed by atoms with Crippen LogP contribution in [0.15, 0.2) is 51.7 Å². The van der Waals surface area contributed by atoms with Crippen LogP contribution in [0.25, 0.3) is 11.0 Å². The van der Waals surface area contributed by atoms with Gasteiger partial charge in [-0.3, -0.25) is 4.79 Å². The van der Waals surface area contributed by atoms with Gasteiger partial charge in [0.2, 0.25) is 0 Å². The SMILES string of the molecule is Cc1c(O[C@H](C)C(=O)N[C@H](C(=O)O)c2ccccc2)ccc2c3c(c(=O)oc12)CCC3. The number of hydrogen-bond donors (Lipinski definition) is 2. The summed E-state index contributed by atoms with van der Waals surface area (Å²) in [5, 5.41) is 12.9. The Labute approximate surface area is 178 Å². The van der Waals surface area contributed by atoms with E-state index in [0.29, 0.717) is 22.5 Å². The highest BCUT2D eigenvalue weighted by atomic mass is 16.5. The first-order valence-electron chi connectivity index (χ1n) is 10.2. The maximum absolute atomic E-state index is 12.6. The Morgan fingerprint density at radius 1 is 1.10 bits per heavy atom.